The number of nitrogens with zero attached hydrogens (tertiary/aromatic N) is 1. The largest absolute Gasteiger partial charge is 0.375 e. The van der Waals surface area contributed by atoms with Gasteiger partial charge in [-0.15, -0.1) is 0 Å². The number of Topliss-reactive ketones (excluding diaryl/α,β-unsaturated/α-hetero) is 1. The van der Waals surface area contributed by atoms with Gasteiger partial charge in [-0.1, -0.05) is 26.7 Å². The zero-order valence-corrected chi connectivity index (χ0v) is 13.4. The topological polar surface area (TPSA) is 58.6 Å². The second kappa shape index (κ2) is 7.36. The SMILES string of the molecule is CC(=O)[C@H](NC(=O)CN1CCO[C@H]2CCCC[C@H]21)C(C)C. The molecule has 0 aromatic heterocycles. The zero-order valence-electron chi connectivity index (χ0n) is 13.4. The smallest absolute Gasteiger partial charge is 0.234 e. The lowest BCUT2D eigenvalue weighted by atomic mass is 9.90. The lowest BCUT2D eigenvalue weighted by molar-refractivity contribution is -0.133. The van der Waals surface area contributed by atoms with E-state index in [1.165, 1.54) is 19.8 Å². The maximum absolute atomic E-state index is 12.3. The molecule has 1 amide bonds. The molecule has 2 fully saturated rings. The third kappa shape index (κ3) is 4.27. The van der Waals surface area contributed by atoms with Crippen LogP contribution in [-0.2, 0) is 14.3 Å². The van der Waals surface area contributed by atoms with Crippen molar-refractivity contribution in [2.45, 2.75) is 64.6 Å². The summed E-state index contributed by atoms with van der Waals surface area (Å²) < 4.78 is 5.82. The molecular weight excluding hydrogens is 268 g/mol. The zero-order chi connectivity index (χ0) is 15.4. The Labute approximate surface area is 127 Å². The van der Waals surface area contributed by atoms with E-state index in [2.05, 4.69) is 10.2 Å². The normalized spacial score (nSPS) is 28.0. The second-order valence-corrected chi connectivity index (χ2v) is 6.63. The van der Waals surface area contributed by atoms with Crippen molar-refractivity contribution < 1.29 is 14.3 Å². The van der Waals surface area contributed by atoms with E-state index in [4.69, 9.17) is 4.74 Å². The molecule has 5 heteroatoms. The third-order valence-electron chi connectivity index (χ3n) is 4.61. The molecule has 1 saturated heterocycles. The van der Waals surface area contributed by atoms with Crippen LogP contribution in [0, 0.1) is 5.92 Å². The van der Waals surface area contributed by atoms with Gasteiger partial charge < -0.3 is 10.1 Å². The van der Waals surface area contributed by atoms with Crippen LogP contribution in [0.15, 0.2) is 0 Å². The lowest BCUT2D eigenvalue weighted by Gasteiger charge is -2.43. The molecule has 1 aliphatic heterocycles. The average Bonchev–Trinajstić information content (AvgIpc) is 2.44. The number of carbonyl (C=O) groups is 2. The summed E-state index contributed by atoms with van der Waals surface area (Å²) in [5.74, 6) is 0.101. The number of amides is 1. The van der Waals surface area contributed by atoms with E-state index < -0.39 is 0 Å². The van der Waals surface area contributed by atoms with Gasteiger partial charge in [-0.2, -0.15) is 0 Å². The summed E-state index contributed by atoms with van der Waals surface area (Å²) in [6.07, 6.45) is 4.93. The van der Waals surface area contributed by atoms with Crippen molar-refractivity contribution in [2.24, 2.45) is 5.92 Å². The van der Waals surface area contributed by atoms with E-state index in [-0.39, 0.29) is 29.8 Å². The molecule has 0 bridgehead atoms. The minimum absolute atomic E-state index is 0.0240. The van der Waals surface area contributed by atoms with Gasteiger partial charge in [0.05, 0.1) is 25.3 Å². The van der Waals surface area contributed by atoms with Crippen molar-refractivity contribution >= 4 is 11.7 Å². The summed E-state index contributed by atoms with van der Waals surface area (Å²) in [6, 6.07) is -0.00577. The van der Waals surface area contributed by atoms with Gasteiger partial charge in [-0.05, 0) is 25.7 Å². The number of carbonyl (C=O) groups excluding carboxylic acids is 2. The fraction of sp³-hybridized carbons (Fsp3) is 0.875. The van der Waals surface area contributed by atoms with Crippen LogP contribution in [0.25, 0.3) is 0 Å². The molecular formula is C16H28N2O3. The molecule has 2 rings (SSSR count). The summed E-state index contributed by atoms with van der Waals surface area (Å²) in [7, 11) is 0. The van der Waals surface area contributed by atoms with Gasteiger partial charge in [0.15, 0.2) is 5.78 Å². The molecule has 0 radical (unpaired) electrons. The molecule has 120 valence electrons. The Morgan fingerprint density at radius 1 is 1.29 bits per heavy atom. The standard InChI is InChI=1S/C16H28N2O3/c1-11(2)16(12(3)19)17-15(20)10-18-8-9-21-14-7-5-4-6-13(14)18/h11,13-14,16H,4-10H2,1-3H3,(H,17,20)/t13-,14+,16-/m1/s1. The minimum Gasteiger partial charge on any atom is -0.375 e. The average molecular weight is 296 g/mol. The third-order valence-corrected chi connectivity index (χ3v) is 4.61. The van der Waals surface area contributed by atoms with Gasteiger partial charge in [0.25, 0.3) is 0 Å². The summed E-state index contributed by atoms with van der Waals surface area (Å²) in [6.45, 7) is 7.34. The Hall–Kier alpha value is -0.940. The van der Waals surface area contributed by atoms with Crippen LogP contribution in [0.5, 0.6) is 0 Å². The highest BCUT2D eigenvalue weighted by atomic mass is 16.5. The highest BCUT2D eigenvalue weighted by molar-refractivity contribution is 5.88. The molecule has 0 aromatic carbocycles. The maximum Gasteiger partial charge on any atom is 0.234 e. The van der Waals surface area contributed by atoms with Gasteiger partial charge in [0, 0.05) is 12.6 Å². The van der Waals surface area contributed by atoms with Crippen molar-refractivity contribution in [3.63, 3.8) is 0 Å². The number of ether oxygens (including phenoxy) is 1. The molecule has 21 heavy (non-hydrogen) atoms. The predicted molar refractivity (Wildman–Crippen MR) is 81.0 cm³/mol. The number of rotatable bonds is 5. The first-order chi connectivity index (χ1) is 9.99. The molecule has 5 nitrogen and oxygen atoms in total. The molecule has 0 unspecified atom stereocenters. The number of hydrogen-bond donors (Lipinski definition) is 1. The van der Waals surface area contributed by atoms with E-state index in [1.54, 1.807) is 0 Å². The molecule has 0 spiro atoms. The summed E-state index contributed by atoms with van der Waals surface area (Å²) in [5.41, 5.74) is 0. The monoisotopic (exact) mass is 296 g/mol. The Morgan fingerprint density at radius 2 is 2.00 bits per heavy atom. The van der Waals surface area contributed by atoms with Crippen LogP contribution < -0.4 is 5.32 Å². The second-order valence-electron chi connectivity index (χ2n) is 6.63. The van der Waals surface area contributed by atoms with Gasteiger partial charge in [0.2, 0.25) is 5.91 Å². The van der Waals surface area contributed by atoms with Crippen LogP contribution in [0.4, 0.5) is 0 Å². The van der Waals surface area contributed by atoms with E-state index in [0.717, 1.165) is 19.4 Å². The maximum atomic E-state index is 12.3. The first kappa shape index (κ1) is 16.4. The molecule has 2 aliphatic rings. The van der Waals surface area contributed by atoms with E-state index in [0.29, 0.717) is 19.2 Å². The molecule has 1 aliphatic carbocycles. The molecule has 1 N–H and O–H groups in total. The Balaban J connectivity index is 1.90. The molecule has 1 heterocycles. The van der Waals surface area contributed by atoms with E-state index >= 15 is 0 Å². The van der Waals surface area contributed by atoms with Crippen molar-refractivity contribution in [2.75, 3.05) is 19.7 Å². The fourth-order valence-electron chi connectivity index (χ4n) is 3.51. The van der Waals surface area contributed by atoms with Crippen LogP contribution in [0.1, 0.15) is 46.5 Å². The van der Waals surface area contributed by atoms with Crippen molar-refractivity contribution in [3.05, 3.63) is 0 Å². The van der Waals surface area contributed by atoms with Crippen molar-refractivity contribution in [1.29, 1.82) is 0 Å². The van der Waals surface area contributed by atoms with Gasteiger partial charge in [-0.3, -0.25) is 14.5 Å². The summed E-state index contributed by atoms with van der Waals surface area (Å²) >= 11 is 0. The fourth-order valence-corrected chi connectivity index (χ4v) is 3.51. The minimum atomic E-state index is -0.374. The van der Waals surface area contributed by atoms with Crippen molar-refractivity contribution in [3.8, 4) is 0 Å². The van der Waals surface area contributed by atoms with E-state index in [1.807, 2.05) is 13.8 Å². The highest BCUT2D eigenvalue weighted by Gasteiger charge is 2.35. The van der Waals surface area contributed by atoms with Crippen LogP contribution >= 0.6 is 0 Å². The quantitative estimate of drug-likeness (QED) is 0.832. The summed E-state index contributed by atoms with van der Waals surface area (Å²) in [5, 5.41) is 2.89. The van der Waals surface area contributed by atoms with Gasteiger partial charge in [-0.25, -0.2) is 0 Å². The van der Waals surface area contributed by atoms with Gasteiger partial charge in [0.1, 0.15) is 0 Å². The molecule has 3 atom stereocenters. The Morgan fingerprint density at radius 3 is 2.67 bits per heavy atom. The Kier molecular flexibility index (Phi) is 5.76. The van der Waals surface area contributed by atoms with Gasteiger partial charge >= 0.3 is 0 Å². The lowest BCUT2D eigenvalue weighted by Crippen LogP contribution is -2.56. The number of ketones is 1. The molecule has 1 saturated carbocycles. The van der Waals surface area contributed by atoms with Crippen LogP contribution in [0.2, 0.25) is 0 Å². The Bertz CT molecular complexity index is 382. The van der Waals surface area contributed by atoms with Crippen LogP contribution in [-0.4, -0.2) is 54.5 Å². The predicted octanol–water partition coefficient (Wildman–Crippen LogP) is 1.36. The molecule has 0 aromatic rings. The van der Waals surface area contributed by atoms with Crippen molar-refractivity contribution in [1.82, 2.24) is 10.2 Å². The van der Waals surface area contributed by atoms with Crippen LogP contribution in [0.3, 0.4) is 0 Å². The first-order valence-electron chi connectivity index (χ1n) is 8.14. The van der Waals surface area contributed by atoms with E-state index in [9.17, 15) is 9.59 Å². The summed E-state index contributed by atoms with van der Waals surface area (Å²) in [4.78, 5) is 26.1. The number of hydrogen-bond acceptors (Lipinski definition) is 4. The number of fused-ring (bicyclic) bond motifs is 1. The first-order valence-corrected chi connectivity index (χ1v) is 8.14. The highest BCUT2D eigenvalue weighted by Crippen LogP contribution is 2.28. The number of morpholine rings is 1. The number of nitrogens with one attached hydrogen (secondary N) is 1.